The summed E-state index contributed by atoms with van der Waals surface area (Å²) in [7, 11) is 0. The van der Waals surface area contributed by atoms with Crippen molar-refractivity contribution in [2.75, 3.05) is 38.4 Å². The van der Waals surface area contributed by atoms with E-state index in [0.29, 0.717) is 25.2 Å². The minimum atomic E-state index is -0.225. The number of ether oxygens (including phenoxy) is 1. The molecule has 0 rings (SSSR count). The lowest BCUT2D eigenvalue weighted by molar-refractivity contribution is -0.126. The number of carbonyl (C=O) groups is 1. The predicted octanol–water partition coefficient (Wildman–Crippen LogP) is 1.81. The van der Waals surface area contributed by atoms with E-state index >= 15 is 0 Å². The Morgan fingerprint density at radius 3 is 2.45 bits per heavy atom. The Hall–Kier alpha value is -0.300. The third-order valence-electron chi connectivity index (χ3n) is 2.77. The molecule has 0 aliphatic rings. The molecular formula is C14H30N2O3S. The van der Waals surface area contributed by atoms with E-state index in [1.54, 1.807) is 0 Å². The standard InChI is InChI=1S/C14H30N2O3S/c1-13(2,9-14(3,4)11-20-5)10-18-7-6-16-12(17)8-19-15/h6-11,15H2,1-5H3,(H,16,17). The molecule has 0 aromatic rings. The second-order valence-electron chi connectivity index (χ2n) is 6.65. The van der Waals surface area contributed by atoms with Gasteiger partial charge in [0.2, 0.25) is 5.91 Å². The summed E-state index contributed by atoms with van der Waals surface area (Å²) in [4.78, 5) is 15.3. The van der Waals surface area contributed by atoms with Crippen molar-refractivity contribution in [1.82, 2.24) is 5.32 Å². The molecule has 0 saturated heterocycles. The number of rotatable bonds is 11. The van der Waals surface area contributed by atoms with Crippen molar-refractivity contribution in [3.8, 4) is 0 Å². The van der Waals surface area contributed by atoms with Gasteiger partial charge in [-0.3, -0.25) is 9.63 Å². The molecule has 0 fully saturated rings. The first-order valence-corrected chi connectivity index (χ1v) is 8.27. The monoisotopic (exact) mass is 306 g/mol. The zero-order chi connectivity index (χ0) is 15.6. The van der Waals surface area contributed by atoms with Crippen LogP contribution in [0.15, 0.2) is 0 Å². The molecule has 20 heavy (non-hydrogen) atoms. The Morgan fingerprint density at radius 1 is 1.25 bits per heavy atom. The number of hydrogen-bond donors (Lipinski definition) is 2. The zero-order valence-electron chi connectivity index (χ0n) is 13.5. The maximum atomic E-state index is 11.1. The minimum Gasteiger partial charge on any atom is -0.379 e. The van der Waals surface area contributed by atoms with E-state index in [9.17, 15) is 4.79 Å². The third-order valence-corrected chi connectivity index (χ3v) is 3.84. The Bertz CT molecular complexity index is 284. The largest absolute Gasteiger partial charge is 0.379 e. The van der Waals surface area contributed by atoms with Gasteiger partial charge in [-0.2, -0.15) is 11.8 Å². The van der Waals surface area contributed by atoms with Crippen LogP contribution in [0.5, 0.6) is 0 Å². The van der Waals surface area contributed by atoms with Crippen molar-refractivity contribution in [2.45, 2.75) is 34.1 Å². The van der Waals surface area contributed by atoms with Gasteiger partial charge in [0.1, 0.15) is 6.61 Å². The molecule has 0 atom stereocenters. The van der Waals surface area contributed by atoms with Crippen molar-refractivity contribution in [2.24, 2.45) is 16.7 Å². The molecule has 6 heteroatoms. The fourth-order valence-corrected chi connectivity index (χ4v) is 3.41. The van der Waals surface area contributed by atoms with E-state index in [1.807, 2.05) is 11.8 Å². The summed E-state index contributed by atoms with van der Waals surface area (Å²) in [6.45, 7) is 10.6. The van der Waals surface area contributed by atoms with Gasteiger partial charge in [-0.25, -0.2) is 5.90 Å². The van der Waals surface area contributed by atoms with Gasteiger partial charge < -0.3 is 10.1 Å². The highest BCUT2D eigenvalue weighted by Gasteiger charge is 2.28. The van der Waals surface area contributed by atoms with Gasteiger partial charge in [-0.15, -0.1) is 0 Å². The van der Waals surface area contributed by atoms with Crippen molar-refractivity contribution >= 4 is 17.7 Å². The first-order valence-electron chi connectivity index (χ1n) is 6.87. The number of nitrogens with two attached hydrogens (primary N) is 1. The lowest BCUT2D eigenvalue weighted by atomic mass is 9.76. The third kappa shape index (κ3) is 10.5. The van der Waals surface area contributed by atoms with Gasteiger partial charge in [0.25, 0.3) is 0 Å². The molecule has 0 unspecified atom stereocenters. The summed E-state index contributed by atoms with van der Waals surface area (Å²) < 4.78 is 5.66. The first-order chi connectivity index (χ1) is 9.22. The maximum Gasteiger partial charge on any atom is 0.248 e. The van der Waals surface area contributed by atoms with Crippen LogP contribution in [0.2, 0.25) is 0 Å². The smallest absolute Gasteiger partial charge is 0.248 e. The molecule has 0 saturated carbocycles. The summed E-state index contributed by atoms with van der Waals surface area (Å²) in [5.41, 5.74) is 0.433. The number of thioether (sulfide) groups is 1. The average molecular weight is 306 g/mol. The Balaban J connectivity index is 3.85. The summed E-state index contributed by atoms with van der Waals surface area (Å²) in [6.07, 6.45) is 3.24. The highest BCUT2D eigenvalue weighted by molar-refractivity contribution is 7.98. The molecule has 0 aromatic carbocycles. The van der Waals surface area contributed by atoms with Gasteiger partial charge >= 0.3 is 0 Å². The van der Waals surface area contributed by atoms with E-state index in [0.717, 1.165) is 12.2 Å². The molecule has 120 valence electrons. The van der Waals surface area contributed by atoms with Crippen molar-refractivity contribution < 1.29 is 14.4 Å². The molecule has 0 heterocycles. The molecule has 0 bridgehead atoms. The number of nitrogens with one attached hydrogen (secondary N) is 1. The van der Waals surface area contributed by atoms with Crippen LogP contribution in [0, 0.1) is 10.8 Å². The fraction of sp³-hybridized carbons (Fsp3) is 0.929. The van der Waals surface area contributed by atoms with Gasteiger partial charge in [-0.1, -0.05) is 27.7 Å². The maximum absolute atomic E-state index is 11.1. The predicted molar refractivity (Wildman–Crippen MR) is 84.5 cm³/mol. The number of carbonyl (C=O) groups excluding carboxylic acids is 1. The number of hydrogen-bond acceptors (Lipinski definition) is 5. The van der Waals surface area contributed by atoms with Crippen LogP contribution in [0.25, 0.3) is 0 Å². The Kier molecular flexibility index (Phi) is 9.46. The van der Waals surface area contributed by atoms with E-state index in [2.05, 4.69) is 44.1 Å². The molecule has 0 spiro atoms. The molecule has 0 aliphatic heterocycles. The van der Waals surface area contributed by atoms with E-state index in [1.165, 1.54) is 0 Å². The summed E-state index contributed by atoms with van der Waals surface area (Å²) in [5.74, 6) is 5.73. The highest BCUT2D eigenvalue weighted by Crippen LogP contribution is 2.35. The van der Waals surface area contributed by atoms with Crippen molar-refractivity contribution in [1.29, 1.82) is 0 Å². The zero-order valence-corrected chi connectivity index (χ0v) is 14.3. The van der Waals surface area contributed by atoms with E-state index < -0.39 is 0 Å². The van der Waals surface area contributed by atoms with Crippen LogP contribution in [-0.2, 0) is 14.4 Å². The van der Waals surface area contributed by atoms with Gasteiger partial charge in [0.05, 0.1) is 13.2 Å². The van der Waals surface area contributed by atoms with Crippen molar-refractivity contribution in [3.05, 3.63) is 0 Å². The van der Waals surface area contributed by atoms with Crippen LogP contribution in [-0.4, -0.2) is 44.3 Å². The topological polar surface area (TPSA) is 73.6 Å². The second kappa shape index (κ2) is 9.60. The van der Waals surface area contributed by atoms with Gasteiger partial charge in [0, 0.05) is 6.54 Å². The SMILES string of the molecule is CSCC(C)(C)CC(C)(C)COCCNC(=O)CON. The second-order valence-corrected chi connectivity index (χ2v) is 7.52. The molecular weight excluding hydrogens is 276 g/mol. The van der Waals surface area contributed by atoms with Crippen LogP contribution < -0.4 is 11.2 Å². The minimum absolute atomic E-state index is 0.117. The summed E-state index contributed by atoms with van der Waals surface area (Å²) in [6, 6.07) is 0. The quantitative estimate of drug-likeness (QED) is 0.450. The van der Waals surface area contributed by atoms with Gasteiger partial charge in [-0.05, 0) is 29.3 Å². The van der Waals surface area contributed by atoms with Crippen molar-refractivity contribution in [3.63, 3.8) is 0 Å². The Morgan fingerprint density at radius 2 is 1.90 bits per heavy atom. The van der Waals surface area contributed by atoms with Crippen LogP contribution >= 0.6 is 11.8 Å². The van der Waals surface area contributed by atoms with E-state index in [-0.39, 0.29) is 17.9 Å². The molecule has 0 radical (unpaired) electrons. The van der Waals surface area contributed by atoms with E-state index in [4.69, 9.17) is 10.6 Å². The lowest BCUT2D eigenvalue weighted by Gasteiger charge is -2.34. The first kappa shape index (κ1) is 19.7. The molecule has 1 amide bonds. The molecule has 3 N–H and O–H groups in total. The summed E-state index contributed by atoms with van der Waals surface area (Å²) >= 11 is 1.88. The normalized spacial score (nSPS) is 12.5. The Labute approximate surface area is 127 Å². The van der Waals surface area contributed by atoms with Crippen LogP contribution in [0.4, 0.5) is 0 Å². The average Bonchev–Trinajstić information content (AvgIpc) is 2.26. The van der Waals surface area contributed by atoms with Crippen LogP contribution in [0.1, 0.15) is 34.1 Å². The molecule has 5 nitrogen and oxygen atoms in total. The number of amides is 1. The fourth-order valence-electron chi connectivity index (χ4n) is 2.53. The van der Waals surface area contributed by atoms with Crippen LogP contribution in [0.3, 0.4) is 0 Å². The lowest BCUT2D eigenvalue weighted by Crippen LogP contribution is -2.33. The summed E-state index contributed by atoms with van der Waals surface area (Å²) in [5, 5.41) is 2.67. The highest BCUT2D eigenvalue weighted by atomic mass is 32.2. The molecule has 0 aromatic heterocycles. The van der Waals surface area contributed by atoms with Gasteiger partial charge in [0.15, 0.2) is 0 Å². The molecule has 0 aliphatic carbocycles.